The first-order valence-corrected chi connectivity index (χ1v) is 7.66. The highest BCUT2D eigenvalue weighted by atomic mass is 15.1. The van der Waals surface area contributed by atoms with Crippen molar-refractivity contribution < 1.29 is 0 Å². The van der Waals surface area contributed by atoms with Crippen LogP contribution in [0, 0.1) is 0 Å². The fourth-order valence-corrected chi connectivity index (χ4v) is 3.34. The Balaban J connectivity index is 1.99. The average Bonchev–Trinajstić information content (AvgIpc) is 2.49. The number of rotatable bonds is 3. The summed E-state index contributed by atoms with van der Waals surface area (Å²) in [7, 11) is 2.27. The van der Waals surface area contributed by atoms with E-state index in [1.165, 1.54) is 36.0 Å². The normalized spacial score (nSPS) is 18.8. The van der Waals surface area contributed by atoms with E-state index in [9.17, 15) is 0 Å². The minimum absolute atomic E-state index is 0.707. The summed E-state index contributed by atoms with van der Waals surface area (Å²) in [6.07, 6.45) is 3.76. The number of likely N-dealkylation sites (N-methyl/N-ethyl adjacent to an activating group) is 1. The van der Waals surface area contributed by atoms with Crippen molar-refractivity contribution in [2.45, 2.75) is 38.8 Å². The smallest absolute Gasteiger partial charge is 0.0242 e. The molecule has 1 unspecified atom stereocenters. The summed E-state index contributed by atoms with van der Waals surface area (Å²) in [5, 5.41) is 0. The summed E-state index contributed by atoms with van der Waals surface area (Å²) in [6, 6.07) is 18.3. The third kappa shape index (κ3) is 2.51. The van der Waals surface area contributed by atoms with Crippen LogP contribution in [0.2, 0.25) is 0 Å². The maximum absolute atomic E-state index is 2.53. The lowest BCUT2D eigenvalue weighted by atomic mass is 9.87. The Labute approximate surface area is 122 Å². The second-order valence-electron chi connectivity index (χ2n) is 5.87. The zero-order chi connectivity index (χ0) is 13.9. The van der Waals surface area contributed by atoms with E-state index in [2.05, 4.69) is 67.4 Å². The van der Waals surface area contributed by atoms with Crippen LogP contribution in [0.5, 0.6) is 0 Å². The summed E-state index contributed by atoms with van der Waals surface area (Å²) in [5.74, 6) is 0. The van der Waals surface area contributed by atoms with Crippen molar-refractivity contribution in [3.63, 3.8) is 0 Å². The molecule has 0 N–H and O–H groups in total. The highest BCUT2D eigenvalue weighted by molar-refractivity contribution is 5.69. The van der Waals surface area contributed by atoms with Gasteiger partial charge in [-0.3, -0.25) is 4.90 Å². The van der Waals surface area contributed by atoms with Crippen molar-refractivity contribution in [3.8, 4) is 11.1 Å². The zero-order valence-corrected chi connectivity index (χ0v) is 12.5. The van der Waals surface area contributed by atoms with Crippen LogP contribution in [0.4, 0.5) is 0 Å². The Kier molecular flexibility index (Phi) is 3.88. The lowest BCUT2D eigenvalue weighted by Gasteiger charge is -2.35. The topological polar surface area (TPSA) is 3.24 Å². The van der Waals surface area contributed by atoms with E-state index in [0.29, 0.717) is 6.04 Å². The van der Waals surface area contributed by atoms with Gasteiger partial charge in [0.1, 0.15) is 0 Å². The van der Waals surface area contributed by atoms with Crippen LogP contribution in [-0.4, -0.2) is 18.0 Å². The zero-order valence-electron chi connectivity index (χ0n) is 12.5. The second-order valence-corrected chi connectivity index (χ2v) is 5.87. The SMILES string of the molecule is CCCC1Cc2cccc(-c3ccccc3)c2CN1C. The van der Waals surface area contributed by atoms with E-state index in [4.69, 9.17) is 0 Å². The van der Waals surface area contributed by atoms with Gasteiger partial charge in [-0.05, 0) is 42.1 Å². The Morgan fingerprint density at radius 3 is 2.60 bits per heavy atom. The molecule has 1 aliphatic heterocycles. The third-order valence-corrected chi connectivity index (χ3v) is 4.47. The first kappa shape index (κ1) is 13.4. The minimum atomic E-state index is 0.707. The standard InChI is InChI=1S/C19H23N/c1-3-8-17-13-16-11-7-12-18(19(16)14-20(17)2)15-9-5-4-6-10-15/h4-7,9-12,17H,3,8,13-14H2,1-2H3. The van der Waals surface area contributed by atoms with Crippen LogP contribution in [0.1, 0.15) is 30.9 Å². The fraction of sp³-hybridized carbons (Fsp3) is 0.368. The lowest BCUT2D eigenvalue weighted by Crippen LogP contribution is -2.37. The molecular weight excluding hydrogens is 242 g/mol. The molecule has 0 saturated heterocycles. The van der Waals surface area contributed by atoms with Gasteiger partial charge in [-0.15, -0.1) is 0 Å². The molecule has 0 aliphatic carbocycles. The quantitative estimate of drug-likeness (QED) is 0.789. The molecule has 2 aromatic rings. The van der Waals surface area contributed by atoms with E-state index in [0.717, 1.165) is 6.54 Å². The molecule has 0 radical (unpaired) electrons. The average molecular weight is 265 g/mol. The molecule has 0 amide bonds. The van der Waals surface area contributed by atoms with E-state index in [1.54, 1.807) is 5.56 Å². The van der Waals surface area contributed by atoms with Crippen LogP contribution < -0.4 is 0 Å². The third-order valence-electron chi connectivity index (χ3n) is 4.47. The van der Waals surface area contributed by atoms with Crippen molar-refractivity contribution >= 4 is 0 Å². The Morgan fingerprint density at radius 1 is 1.05 bits per heavy atom. The van der Waals surface area contributed by atoms with Gasteiger partial charge in [0.05, 0.1) is 0 Å². The van der Waals surface area contributed by atoms with Gasteiger partial charge >= 0.3 is 0 Å². The summed E-state index contributed by atoms with van der Waals surface area (Å²) >= 11 is 0. The van der Waals surface area contributed by atoms with Gasteiger partial charge in [-0.1, -0.05) is 61.9 Å². The Morgan fingerprint density at radius 2 is 1.85 bits per heavy atom. The molecule has 0 spiro atoms. The molecule has 0 aromatic heterocycles. The monoisotopic (exact) mass is 265 g/mol. The highest BCUT2D eigenvalue weighted by Crippen LogP contribution is 2.32. The molecule has 1 atom stereocenters. The molecule has 20 heavy (non-hydrogen) atoms. The van der Waals surface area contributed by atoms with E-state index in [1.807, 2.05) is 0 Å². The molecule has 1 heterocycles. The summed E-state index contributed by atoms with van der Waals surface area (Å²) in [6.45, 7) is 3.36. The second kappa shape index (κ2) is 5.80. The molecule has 104 valence electrons. The minimum Gasteiger partial charge on any atom is -0.299 e. The predicted molar refractivity (Wildman–Crippen MR) is 85.7 cm³/mol. The maximum Gasteiger partial charge on any atom is 0.0242 e. The summed E-state index contributed by atoms with van der Waals surface area (Å²) in [5.41, 5.74) is 5.81. The lowest BCUT2D eigenvalue weighted by molar-refractivity contribution is 0.204. The first-order valence-electron chi connectivity index (χ1n) is 7.66. The molecule has 0 bridgehead atoms. The van der Waals surface area contributed by atoms with E-state index in [-0.39, 0.29) is 0 Å². The molecule has 1 aliphatic rings. The molecule has 3 rings (SSSR count). The first-order chi connectivity index (χ1) is 9.79. The van der Waals surface area contributed by atoms with Gasteiger partial charge in [0.15, 0.2) is 0 Å². The van der Waals surface area contributed by atoms with E-state index < -0.39 is 0 Å². The van der Waals surface area contributed by atoms with Gasteiger partial charge in [-0.2, -0.15) is 0 Å². The summed E-state index contributed by atoms with van der Waals surface area (Å²) < 4.78 is 0. The number of hydrogen-bond acceptors (Lipinski definition) is 1. The van der Waals surface area contributed by atoms with Crippen molar-refractivity contribution in [1.82, 2.24) is 4.90 Å². The van der Waals surface area contributed by atoms with Gasteiger partial charge in [0.2, 0.25) is 0 Å². The molecule has 0 fully saturated rings. The number of benzene rings is 2. The van der Waals surface area contributed by atoms with Crippen LogP contribution >= 0.6 is 0 Å². The van der Waals surface area contributed by atoms with E-state index >= 15 is 0 Å². The van der Waals surface area contributed by atoms with Crippen molar-refractivity contribution in [1.29, 1.82) is 0 Å². The number of hydrogen-bond donors (Lipinski definition) is 0. The van der Waals surface area contributed by atoms with Gasteiger partial charge < -0.3 is 0 Å². The molecule has 1 nitrogen and oxygen atoms in total. The molecule has 2 aromatic carbocycles. The number of fused-ring (bicyclic) bond motifs is 1. The molecule has 1 heteroatoms. The molecular formula is C19H23N. The van der Waals surface area contributed by atoms with Gasteiger partial charge in [0, 0.05) is 12.6 Å². The van der Waals surface area contributed by atoms with Crippen LogP contribution in [0.15, 0.2) is 48.5 Å². The number of nitrogens with zero attached hydrogens (tertiary/aromatic N) is 1. The van der Waals surface area contributed by atoms with Crippen LogP contribution in [-0.2, 0) is 13.0 Å². The molecule has 0 saturated carbocycles. The fourth-order valence-electron chi connectivity index (χ4n) is 3.34. The van der Waals surface area contributed by atoms with Gasteiger partial charge in [-0.25, -0.2) is 0 Å². The van der Waals surface area contributed by atoms with Crippen LogP contribution in [0.25, 0.3) is 11.1 Å². The van der Waals surface area contributed by atoms with Crippen molar-refractivity contribution in [2.75, 3.05) is 7.05 Å². The summed E-state index contributed by atoms with van der Waals surface area (Å²) in [4.78, 5) is 2.53. The Bertz CT molecular complexity index is 574. The van der Waals surface area contributed by atoms with Crippen molar-refractivity contribution in [2.24, 2.45) is 0 Å². The largest absolute Gasteiger partial charge is 0.299 e. The maximum atomic E-state index is 2.53. The Hall–Kier alpha value is -1.60. The van der Waals surface area contributed by atoms with Crippen molar-refractivity contribution in [3.05, 3.63) is 59.7 Å². The van der Waals surface area contributed by atoms with Crippen LogP contribution in [0.3, 0.4) is 0 Å². The van der Waals surface area contributed by atoms with Gasteiger partial charge in [0.25, 0.3) is 0 Å². The highest BCUT2D eigenvalue weighted by Gasteiger charge is 2.24. The predicted octanol–water partition coefficient (Wildman–Crippen LogP) is 4.51.